The average molecular weight is 714 g/mol. The second-order valence-electron chi connectivity index (χ2n) is 13.2. The largest absolute Gasteiger partial charge is 0.416 e. The molecule has 0 atom stereocenters. The maximum Gasteiger partial charge on any atom is 0.416 e. The maximum absolute atomic E-state index is 13.9. The molecule has 0 saturated heterocycles. The molecule has 0 bridgehead atoms. The van der Waals surface area contributed by atoms with E-state index in [-0.39, 0.29) is 0 Å². The molecule has 3 aromatic heterocycles. The average Bonchev–Trinajstić information content (AvgIpc) is 3.47. The SMILES string of the molecule is Cc1cc(-c2ccc3c(c2)c2cc(-c4cc(C)cc(C(F)(F)F)c4)ccc2n3-c2ccccc2-c2ccnc(-c3cccnc3)c2)cc(C(F)(F)F)c1. The van der Waals surface area contributed by atoms with Crippen LogP contribution in [0.4, 0.5) is 26.3 Å². The van der Waals surface area contributed by atoms with Gasteiger partial charge in [0, 0.05) is 40.5 Å². The van der Waals surface area contributed by atoms with E-state index in [1.54, 1.807) is 56.7 Å². The molecule has 3 nitrogen and oxygen atoms in total. The van der Waals surface area contributed by atoms with Crippen molar-refractivity contribution in [2.45, 2.75) is 26.2 Å². The number of halogens is 6. The van der Waals surface area contributed by atoms with Crippen LogP contribution < -0.4 is 0 Å². The maximum atomic E-state index is 13.9. The summed E-state index contributed by atoms with van der Waals surface area (Å²) in [5.74, 6) is 0. The van der Waals surface area contributed by atoms with Crippen molar-refractivity contribution in [3.8, 4) is 50.3 Å². The highest BCUT2D eigenvalue weighted by atomic mass is 19.4. The normalized spacial score (nSPS) is 12.2. The summed E-state index contributed by atoms with van der Waals surface area (Å²) in [4.78, 5) is 8.81. The van der Waals surface area contributed by atoms with Crippen molar-refractivity contribution in [3.63, 3.8) is 0 Å². The first kappa shape index (κ1) is 33.9. The molecular weight excluding hydrogens is 684 g/mol. The highest BCUT2D eigenvalue weighted by Gasteiger charge is 2.32. The van der Waals surface area contributed by atoms with Gasteiger partial charge in [-0.3, -0.25) is 9.97 Å². The van der Waals surface area contributed by atoms with E-state index in [1.807, 2.05) is 72.8 Å². The molecule has 8 rings (SSSR count). The Morgan fingerprint density at radius 1 is 0.491 bits per heavy atom. The molecule has 53 heavy (non-hydrogen) atoms. The summed E-state index contributed by atoms with van der Waals surface area (Å²) in [5.41, 5.74) is 7.22. The van der Waals surface area contributed by atoms with Gasteiger partial charge in [-0.1, -0.05) is 42.5 Å². The number of nitrogens with zero attached hydrogens (tertiary/aromatic N) is 3. The molecule has 0 aliphatic rings. The van der Waals surface area contributed by atoms with Crippen LogP contribution in [-0.2, 0) is 12.4 Å². The molecule has 0 amide bonds. The van der Waals surface area contributed by atoms with Gasteiger partial charge in [0.25, 0.3) is 0 Å². The molecule has 0 N–H and O–H groups in total. The third-order valence-corrected chi connectivity index (χ3v) is 9.41. The highest BCUT2D eigenvalue weighted by molar-refractivity contribution is 6.12. The molecule has 3 heterocycles. The fraction of sp³-hybridized carbons (Fsp3) is 0.0909. The Morgan fingerprint density at radius 2 is 1.08 bits per heavy atom. The number of hydrogen-bond donors (Lipinski definition) is 0. The van der Waals surface area contributed by atoms with Crippen LogP contribution in [-0.4, -0.2) is 14.5 Å². The minimum Gasteiger partial charge on any atom is -0.309 e. The summed E-state index contributed by atoms with van der Waals surface area (Å²) in [6.45, 7) is 3.25. The van der Waals surface area contributed by atoms with Crippen LogP contribution in [0.25, 0.3) is 72.1 Å². The summed E-state index contributed by atoms with van der Waals surface area (Å²) in [6, 6.07) is 34.6. The summed E-state index contributed by atoms with van der Waals surface area (Å²) in [7, 11) is 0. The van der Waals surface area contributed by atoms with Gasteiger partial charge in [-0.05, 0) is 132 Å². The third-order valence-electron chi connectivity index (χ3n) is 9.41. The minimum absolute atomic E-state index is 0.407. The van der Waals surface area contributed by atoms with Gasteiger partial charge in [0.15, 0.2) is 0 Å². The fourth-order valence-corrected chi connectivity index (χ4v) is 7.05. The lowest BCUT2D eigenvalue weighted by atomic mass is 9.96. The van der Waals surface area contributed by atoms with E-state index >= 15 is 0 Å². The van der Waals surface area contributed by atoms with Gasteiger partial charge >= 0.3 is 12.4 Å². The smallest absolute Gasteiger partial charge is 0.309 e. The van der Waals surface area contributed by atoms with Gasteiger partial charge < -0.3 is 4.57 Å². The van der Waals surface area contributed by atoms with Crippen LogP contribution >= 0.6 is 0 Å². The number of hydrogen-bond acceptors (Lipinski definition) is 2. The number of pyridine rings is 2. The lowest BCUT2D eigenvalue weighted by molar-refractivity contribution is -0.138. The number of benzene rings is 5. The molecule has 9 heteroatoms. The van der Waals surface area contributed by atoms with Crippen molar-refractivity contribution in [2.24, 2.45) is 0 Å². The molecule has 0 saturated carbocycles. The van der Waals surface area contributed by atoms with Crippen molar-refractivity contribution >= 4 is 21.8 Å². The zero-order valence-corrected chi connectivity index (χ0v) is 28.4. The molecule has 0 unspecified atom stereocenters. The predicted octanol–water partition coefficient (Wildman–Crippen LogP) is 12.9. The Labute approximate surface area is 300 Å². The van der Waals surface area contributed by atoms with Crippen LogP contribution in [0.15, 0.2) is 140 Å². The van der Waals surface area contributed by atoms with Crippen LogP contribution in [0, 0.1) is 13.8 Å². The first-order valence-electron chi connectivity index (χ1n) is 16.8. The standard InChI is InChI=1S/C44H29F6N3/c1-26-16-32(20-34(18-26)43(45,46)47)28-9-11-41-37(22-28)38-23-29(33-17-27(2)19-35(21-33)44(48,49)50)10-12-42(38)53(41)40-8-4-3-7-36(40)30-13-15-52-39(24-30)31-6-5-14-51-25-31/h3-25H,1-2H3. The quantitative estimate of drug-likeness (QED) is 0.166. The summed E-state index contributed by atoms with van der Waals surface area (Å²) < 4.78 is 85.3. The van der Waals surface area contributed by atoms with E-state index < -0.39 is 23.5 Å². The Hall–Kier alpha value is -6.22. The third kappa shape index (κ3) is 6.43. The number of fused-ring (bicyclic) bond motifs is 3. The molecule has 0 spiro atoms. The predicted molar refractivity (Wildman–Crippen MR) is 198 cm³/mol. The van der Waals surface area contributed by atoms with E-state index in [4.69, 9.17) is 0 Å². The van der Waals surface area contributed by atoms with Gasteiger partial charge in [-0.25, -0.2) is 0 Å². The minimum atomic E-state index is -4.52. The molecular formula is C44H29F6N3. The van der Waals surface area contributed by atoms with Gasteiger partial charge in [0.1, 0.15) is 0 Å². The molecule has 8 aromatic rings. The zero-order chi connectivity index (χ0) is 37.1. The molecule has 262 valence electrons. The van der Waals surface area contributed by atoms with Crippen molar-refractivity contribution in [1.82, 2.24) is 14.5 Å². The second kappa shape index (κ2) is 12.8. The van der Waals surface area contributed by atoms with Gasteiger partial charge in [-0.2, -0.15) is 26.3 Å². The van der Waals surface area contributed by atoms with Crippen molar-refractivity contribution in [2.75, 3.05) is 0 Å². The van der Waals surface area contributed by atoms with Gasteiger partial charge in [-0.15, -0.1) is 0 Å². The summed E-state index contributed by atoms with van der Waals surface area (Å²) >= 11 is 0. The van der Waals surface area contributed by atoms with Crippen LogP contribution in [0.5, 0.6) is 0 Å². The van der Waals surface area contributed by atoms with E-state index in [1.165, 1.54) is 0 Å². The molecule has 5 aromatic carbocycles. The molecule has 0 aliphatic carbocycles. The lowest BCUT2D eigenvalue weighted by Crippen LogP contribution is -2.05. The monoisotopic (exact) mass is 713 g/mol. The number of aryl methyl sites for hydroxylation is 2. The van der Waals surface area contributed by atoms with Crippen LogP contribution in [0.1, 0.15) is 22.3 Å². The van der Waals surface area contributed by atoms with Gasteiger partial charge in [0.2, 0.25) is 0 Å². The lowest BCUT2D eigenvalue weighted by Gasteiger charge is -2.15. The number of alkyl halides is 6. The van der Waals surface area contributed by atoms with E-state index in [0.717, 1.165) is 74.1 Å². The number of aromatic nitrogens is 3. The Bertz CT molecular complexity index is 2550. The zero-order valence-electron chi connectivity index (χ0n) is 28.4. The fourth-order valence-electron chi connectivity index (χ4n) is 7.05. The first-order valence-corrected chi connectivity index (χ1v) is 16.8. The van der Waals surface area contributed by atoms with Crippen LogP contribution in [0.3, 0.4) is 0 Å². The highest BCUT2D eigenvalue weighted by Crippen LogP contribution is 2.42. The van der Waals surface area contributed by atoms with E-state index in [2.05, 4.69) is 14.5 Å². The van der Waals surface area contributed by atoms with Crippen molar-refractivity contribution in [3.05, 3.63) is 162 Å². The molecule has 0 aliphatic heterocycles. The van der Waals surface area contributed by atoms with Crippen molar-refractivity contribution < 1.29 is 26.3 Å². The van der Waals surface area contributed by atoms with E-state index in [0.29, 0.717) is 33.4 Å². The van der Waals surface area contributed by atoms with E-state index in [9.17, 15) is 26.3 Å². The topological polar surface area (TPSA) is 30.7 Å². The second-order valence-corrected chi connectivity index (χ2v) is 13.2. The van der Waals surface area contributed by atoms with Crippen molar-refractivity contribution in [1.29, 1.82) is 0 Å². The van der Waals surface area contributed by atoms with Crippen LogP contribution in [0.2, 0.25) is 0 Å². The Balaban J connectivity index is 1.38. The summed E-state index contributed by atoms with van der Waals surface area (Å²) in [6.07, 6.45) is -3.85. The van der Waals surface area contributed by atoms with Gasteiger partial charge in [0.05, 0.1) is 33.5 Å². The number of para-hydroxylation sites is 1. The molecule has 0 radical (unpaired) electrons. The number of rotatable bonds is 5. The Kier molecular flexibility index (Phi) is 8.17. The summed E-state index contributed by atoms with van der Waals surface area (Å²) in [5, 5.41) is 1.47. The Morgan fingerprint density at radius 3 is 1.62 bits per heavy atom. The first-order chi connectivity index (χ1) is 25.3. The molecule has 0 fully saturated rings.